The van der Waals surface area contributed by atoms with E-state index in [1.807, 2.05) is 48.8 Å². The highest BCUT2D eigenvalue weighted by Crippen LogP contribution is 2.41. The van der Waals surface area contributed by atoms with Crippen molar-refractivity contribution in [1.82, 2.24) is 19.9 Å². The Hall–Kier alpha value is -3.51. The van der Waals surface area contributed by atoms with Gasteiger partial charge in [-0.15, -0.1) is 0 Å². The van der Waals surface area contributed by atoms with Crippen LogP contribution in [0.2, 0.25) is 0 Å². The molecule has 0 bridgehead atoms. The van der Waals surface area contributed by atoms with Crippen LogP contribution in [0.25, 0.3) is 0 Å². The summed E-state index contributed by atoms with van der Waals surface area (Å²) in [7, 11) is 0. The number of hydrogen-bond donors (Lipinski definition) is 1. The minimum Gasteiger partial charge on any atom is -0.351 e. The summed E-state index contributed by atoms with van der Waals surface area (Å²) in [6.07, 6.45) is 7.65. The second kappa shape index (κ2) is 8.08. The Labute approximate surface area is 181 Å². The highest BCUT2D eigenvalue weighted by Gasteiger charge is 2.41. The maximum Gasteiger partial charge on any atom is 0.174 e. The van der Waals surface area contributed by atoms with Crippen molar-refractivity contribution in [2.45, 2.75) is 18.6 Å². The van der Waals surface area contributed by atoms with Gasteiger partial charge in [-0.05, 0) is 60.2 Å². The number of aromatic nitrogens is 3. The van der Waals surface area contributed by atoms with E-state index in [1.165, 1.54) is 5.69 Å². The number of nitrogens with zero attached hydrogens (tertiary/aromatic N) is 4. The zero-order chi connectivity index (χ0) is 20.3. The quantitative estimate of drug-likeness (QED) is 0.490. The second-order valence-corrected chi connectivity index (χ2v) is 7.64. The zero-order valence-electron chi connectivity index (χ0n) is 16.3. The number of para-hydroxylation sites is 1. The molecule has 5 nitrogen and oxygen atoms in total. The topological polar surface area (TPSA) is 46.0 Å². The van der Waals surface area contributed by atoms with Crippen molar-refractivity contribution in [3.8, 4) is 0 Å². The van der Waals surface area contributed by atoms with Gasteiger partial charge in [-0.1, -0.05) is 30.3 Å². The molecule has 5 rings (SSSR count). The molecule has 30 heavy (non-hydrogen) atoms. The van der Waals surface area contributed by atoms with Crippen LogP contribution >= 0.6 is 12.2 Å². The SMILES string of the molecule is S=C1NC(c2ccccn2)C(c2cccn2Cc2cccnc2)N1c1ccccc1. The minimum absolute atomic E-state index is 0.0264. The van der Waals surface area contributed by atoms with E-state index in [4.69, 9.17) is 12.2 Å². The lowest BCUT2D eigenvalue weighted by molar-refractivity contribution is 0.533. The first-order chi connectivity index (χ1) is 14.8. The van der Waals surface area contributed by atoms with Gasteiger partial charge in [-0.2, -0.15) is 0 Å². The van der Waals surface area contributed by atoms with Gasteiger partial charge in [0, 0.05) is 42.7 Å². The third-order valence-electron chi connectivity index (χ3n) is 5.38. The Bertz CT molecular complexity index is 1130. The second-order valence-electron chi connectivity index (χ2n) is 7.25. The first-order valence-corrected chi connectivity index (χ1v) is 10.3. The Balaban J connectivity index is 1.60. The van der Waals surface area contributed by atoms with E-state index >= 15 is 0 Å². The summed E-state index contributed by atoms with van der Waals surface area (Å²) >= 11 is 5.79. The summed E-state index contributed by atoms with van der Waals surface area (Å²) in [5, 5.41) is 4.22. The van der Waals surface area contributed by atoms with E-state index < -0.39 is 0 Å². The normalized spacial score (nSPS) is 18.4. The summed E-state index contributed by atoms with van der Waals surface area (Å²) in [6.45, 7) is 0.747. The minimum atomic E-state index is -0.0542. The van der Waals surface area contributed by atoms with Crippen LogP contribution in [0.1, 0.15) is 29.0 Å². The average molecular weight is 412 g/mol. The number of benzene rings is 1. The van der Waals surface area contributed by atoms with Gasteiger partial charge in [-0.3, -0.25) is 9.97 Å². The molecule has 0 aliphatic carbocycles. The highest BCUT2D eigenvalue weighted by atomic mass is 32.1. The summed E-state index contributed by atoms with van der Waals surface area (Å²) in [6, 6.07) is 24.5. The van der Waals surface area contributed by atoms with Crippen molar-refractivity contribution in [2.75, 3.05) is 4.90 Å². The predicted molar refractivity (Wildman–Crippen MR) is 122 cm³/mol. The standard InChI is InChI=1S/C24H21N5S/c30-24-27-22(20-11-4-5-14-26-20)23(29(24)19-9-2-1-3-10-19)21-12-7-15-28(21)17-18-8-6-13-25-16-18/h1-16,22-23H,17H2,(H,27,30). The van der Waals surface area contributed by atoms with Crippen LogP contribution < -0.4 is 10.2 Å². The van der Waals surface area contributed by atoms with Crippen LogP contribution in [0, 0.1) is 0 Å². The molecule has 1 aliphatic heterocycles. The number of pyridine rings is 2. The average Bonchev–Trinajstić information content (AvgIpc) is 3.39. The maximum absolute atomic E-state index is 5.79. The molecule has 2 unspecified atom stereocenters. The van der Waals surface area contributed by atoms with Gasteiger partial charge in [0.15, 0.2) is 5.11 Å². The largest absolute Gasteiger partial charge is 0.351 e. The zero-order valence-corrected chi connectivity index (χ0v) is 17.1. The number of thiocarbonyl (C=S) groups is 1. The van der Waals surface area contributed by atoms with Crippen LogP contribution in [-0.2, 0) is 6.54 Å². The molecule has 2 atom stereocenters. The summed E-state index contributed by atoms with van der Waals surface area (Å²) in [4.78, 5) is 11.1. The molecule has 0 radical (unpaired) electrons. The predicted octanol–water partition coefficient (Wildman–Crippen LogP) is 4.50. The van der Waals surface area contributed by atoms with E-state index in [0.717, 1.165) is 23.5 Å². The van der Waals surface area contributed by atoms with Gasteiger partial charge >= 0.3 is 0 Å². The summed E-state index contributed by atoms with van der Waals surface area (Å²) < 4.78 is 2.27. The van der Waals surface area contributed by atoms with Crippen LogP contribution in [0.15, 0.2) is 97.6 Å². The van der Waals surface area contributed by atoms with Crippen molar-refractivity contribution in [1.29, 1.82) is 0 Å². The van der Waals surface area contributed by atoms with Crippen LogP contribution in [-0.4, -0.2) is 19.6 Å². The van der Waals surface area contributed by atoms with E-state index in [0.29, 0.717) is 5.11 Å². The first kappa shape index (κ1) is 18.5. The number of nitrogens with one attached hydrogen (secondary N) is 1. The molecule has 3 aromatic heterocycles. The molecule has 148 valence electrons. The van der Waals surface area contributed by atoms with Crippen LogP contribution in [0.4, 0.5) is 5.69 Å². The molecule has 1 fully saturated rings. The molecule has 0 saturated carbocycles. The highest BCUT2D eigenvalue weighted by molar-refractivity contribution is 7.80. The van der Waals surface area contributed by atoms with Gasteiger partial charge in [0.2, 0.25) is 0 Å². The number of rotatable bonds is 5. The van der Waals surface area contributed by atoms with Crippen LogP contribution in [0.5, 0.6) is 0 Å². The Morgan fingerprint density at radius 1 is 0.900 bits per heavy atom. The van der Waals surface area contributed by atoms with Gasteiger partial charge in [0.1, 0.15) is 6.04 Å². The molecule has 4 heterocycles. The Morgan fingerprint density at radius 2 is 1.77 bits per heavy atom. The monoisotopic (exact) mass is 411 g/mol. The van der Waals surface area contributed by atoms with Crippen molar-refractivity contribution >= 4 is 23.0 Å². The molecule has 1 aliphatic rings. The molecule has 1 N–H and O–H groups in total. The van der Waals surface area contributed by atoms with Crippen molar-refractivity contribution in [2.24, 2.45) is 0 Å². The van der Waals surface area contributed by atoms with E-state index in [2.05, 4.69) is 67.3 Å². The molecule has 6 heteroatoms. The van der Waals surface area contributed by atoms with Gasteiger partial charge in [-0.25, -0.2) is 0 Å². The Kier molecular flexibility index (Phi) is 4.99. The molecule has 1 saturated heterocycles. The third-order valence-corrected chi connectivity index (χ3v) is 5.69. The van der Waals surface area contributed by atoms with Gasteiger partial charge in [0.25, 0.3) is 0 Å². The fourth-order valence-electron chi connectivity index (χ4n) is 4.05. The lowest BCUT2D eigenvalue weighted by atomic mass is 10.0. The maximum atomic E-state index is 5.79. The number of hydrogen-bond acceptors (Lipinski definition) is 3. The molecule has 0 amide bonds. The molecule has 4 aromatic rings. The molecular weight excluding hydrogens is 390 g/mol. The summed E-state index contributed by atoms with van der Waals surface area (Å²) in [5.74, 6) is 0. The van der Waals surface area contributed by atoms with Crippen LogP contribution in [0.3, 0.4) is 0 Å². The van der Waals surface area contributed by atoms with E-state index in [1.54, 1.807) is 6.20 Å². The smallest absolute Gasteiger partial charge is 0.174 e. The fraction of sp³-hybridized carbons (Fsp3) is 0.125. The van der Waals surface area contributed by atoms with Crippen molar-refractivity contribution in [3.63, 3.8) is 0 Å². The van der Waals surface area contributed by atoms with E-state index in [9.17, 15) is 0 Å². The molecular formula is C24H21N5S. The lowest BCUT2D eigenvalue weighted by Gasteiger charge is -2.29. The fourth-order valence-corrected chi connectivity index (χ4v) is 4.40. The molecule has 0 spiro atoms. The molecule has 1 aromatic carbocycles. The van der Waals surface area contributed by atoms with Crippen molar-refractivity contribution in [3.05, 3.63) is 115 Å². The van der Waals surface area contributed by atoms with Crippen molar-refractivity contribution < 1.29 is 0 Å². The number of anilines is 1. The summed E-state index contributed by atoms with van der Waals surface area (Å²) in [5.41, 5.74) is 4.36. The third kappa shape index (κ3) is 3.46. The Morgan fingerprint density at radius 3 is 2.53 bits per heavy atom. The van der Waals surface area contributed by atoms with Gasteiger partial charge < -0.3 is 14.8 Å². The van der Waals surface area contributed by atoms with E-state index in [-0.39, 0.29) is 12.1 Å². The first-order valence-electron chi connectivity index (χ1n) is 9.91. The van der Waals surface area contributed by atoms with Gasteiger partial charge in [0.05, 0.1) is 11.7 Å². The lowest BCUT2D eigenvalue weighted by Crippen LogP contribution is -2.30.